The molecule has 0 aliphatic carbocycles. The second kappa shape index (κ2) is 12.6. The van der Waals surface area contributed by atoms with E-state index in [-0.39, 0.29) is 29.9 Å². The fourth-order valence-corrected chi connectivity index (χ4v) is 4.10. The van der Waals surface area contributed by atoms with E-state index in [1.54, 1.807) is 18.3 Å². The van der Waals surface area contributed by atoms with Gasteiger partial charge in [0.15, 0.2) is 5.96 Å². The maximum atomic E-state index is 11.5. The summed E-state index contributed by atoms with van der Waals surface area (Å²) in [5.41, 5.74) is 1.35. The fraction of sp³-hybridized carbons (Fsp3) is 0.684. The number of nitrogens with one attached hydrogen (secondary N) is 1. The average Bonchev–Trinajstić information content (AvgIpc) is 3.18. The molecule has 2 heterocycles. The third-order valence-corrected chi connectivity index (χ3v) is 5.66. The van der Waals surface area contributed by atoms with Crippen LogP contribution in [-0.2, 0) is 4.79 Å². The Balaban J connectivity index is 0.00000364. The molecule has 1 saturated heterocycles. The summed E-state index contributed by atoms with van der Waals surface area (Å²) in [6.45, 7) is 15.0. The summed E-state index contributed by atoms with van der Waals surface area (Å²) in [6, 6.07) is 2.52. The highest BCUT2D eigenvalue weighted by Crippen LogP contribution is 2.23. The van der Waals surface area contributed by atoms with E-state index < -0.39 is 0 Å². The first kappa shape index (κ1) is 24.2. The van der Waals surface area contributed by atoms with E-state index in [2.05, 4.69) is 52.7 Å². The minimum absolute atomic E-state index is 0. The first-order valence-electron chi connectivity index (χ1n) is 9.65. The Labute approximate surface area is 185 Å². The molecule has 1 aliphatic heterocycles. The second-order valence-electron chi connectivity index (χ2n) is 6.48. The van der Waals surface area contributed by atoms with Crippen molar-refractivity contribution in [1.82, 2.24) is 20.0 Å². The number of thiophene rings is 1. The fourth-order valence-electron chi connectivity index (χ4n) is 3.39. The van der Waals surface area contributed by atoms with Gasteiger partial charge in [-0.25, -0.2) is 0 Å². The Morgan fingerprint density at radius 1 is 1.22 bits per heavy atom. The standard InChI is InChI=1S/C19H33N5OS.HI/c1-5-20-19(24-11-9-23(10-12-24)16(4)25)21-14-18(22(6-2)7-3)17-8-13-26-15-17;/h8,13,15,18H,5-7,9-12,14H2,1-4H3,(H,20,21);1H. The van der Waals surface area contributed by atoms with Gasteiger partial charge < -0.3 is 15.1 Å². The molecular formula is C19H34IN5OS. The van der Waals surface area contributed by atoms with Crippen LogP contribution in [0.25, 0.3) is 0 Å². The Kier molecular flexibility index (Phi) is 11.2. The summed E-state index contributed by atoms with van der Waals surface area (Å²) in [6.07, 6.45) is 0. The zero-order valence-corrected chi connectivity index (χ0v) is 20.1. The normalized spacial score (nSPS) is 16.3. The quantitative estimate of drug-likeness (QED) is 0.351. The number of guanidine groups is 1. The van der Waals surface area contributed by atoms with Crippen LogP contribution in [-0.4, -0.2) is 78.9 Å². The Morgan fingerprint density at radius 2 is 1.85 bits per heavy atom. The maximum Gasteiger partial charge on any atom is 0.219 e. The lowest BCUT2D eigenvalue weighted by Crippen LogP contribution is -2.53. The molecule has 1 aliphatic rings. The topological polar surface area (TPSA) is 51.2 Å². The van der Waals surface area contributed by atoms with Gasteiger partial charge in [0.2, 0.25) is 5.91 Å². The molecule has 27 heavy (non-hydrogen) atoms. The summed E-state index contributed by atoms with van der Waals surface area (Å²) < 4.78 is 0. The van der Waals surface area contributed by atoms with Gasteiger partial charge >= 0.3 is 0 Å². The van der Waals surface area contributed by atoms with Crippen LogP contribution in [0.4, 0.5) is 0 Å². The van der Waals surface area contributed by atoms with Crippen LogP contribution in [0.1, 0.15) is 39.3 Å². The van der Waals surface area contributed by atoms with Crippen molar-refractivity contribution in [3.8, 4) is 0 Å². The predicted molar refractivity (Wildman–Crippen MR) is 125 cm³/mol. The second-order valence-corrected chi connectivity index (χ2v) is 7.26. The number of likely N-dealkylation sites (N-methyl/N-ethyl adjacent to an activating group) is 1. The number of carbonyl (C=O) groups excluding carboxylic acids is 1. The van der Waals surface area contributed by atoms with E-state index in [1.807, 2.05) is 4.90 Å². The smallest absolute Gasteiger partial charge is 0.219 e. The van der Waals surface area contributed by atoms with Gasteiger partial charge in [0, 0.05) is 39.6 Å². The highest BCUT2D eigenvalue weighted by Gasteiger charge is 2.22. The highest BCUT2D eigenvalue weighted by molar-refractivity contribution is 14.0. The molecule has 0 aromatic carbocycles. The van der Waals surface area contributed by atoms with Crippen LogP contribution in [0.2, 0.25) is 0 Å². The molecule has 8 heteroatoms. The molecule has 0 bridgehead atoms. The molecule has 2 rings (SSSR count). The molecule has 0 saturated carbocycles. The third kappa shape index (κ3) is 6.90. The van der Waals surface area contributed by atoms with E-state index in [4.69, 9.17) is 4.99 Å². The average molecular weight is 507 g/mol. The number of halogens is 1. The molecule has 0 spiro atoms. The minimum atomic E-state index is 0. The maximum absolute atomic E-state index is 11.5. The number of aliphatic imine (C=N–C) groups is 1. The Bertz CT molecular complexity index is 569. The molecule has 1 aromatic rings. The SMILES string of the molecule is CCNC(=NCC(c1ccsc1)N(CC)CC)N1CCN(C(C)=O)CC1.I. The van der Waals surface area contributed by atoms with Crippen molar-refractivity contribution < 1.29 is 4.79 Å². The van der Waals surface area contributed by atoms with Crippen LogP contribution < -0.4 is 5.32 Å². The molecule has 1 unspecified atom stereocenters. The van der Waals surface area contributed by atoms with E-state index in [1.165, 1.54) is 5.56 Å². The van der Waals surface area contributed by atoms with E-state index in [0.717, 1.165) is 58.3 Å². The number of rotatable bonds is 7. The summed E-state index contributed by atoms with van der Waals surface area (Å²) in [7, 11) is 0. The molecule has 1 N–H and O–H groups in total. The lowest BCUT2D eigenvalue weighted by atomic mass is 10.1. The third-order valence-electron chi connectivity index (χ3n) is 4.95. The lowest BCUT2D eigenvalue weighted by molar-refractivity contribution is -0.130. The summed E-state index contributed by atoms with van der Waals surface area (Å²) in [5, 5.41) is 7.80. The van der Waals surface area contributed by atoms with Gasteiger partial charge in [-0.1, -0.05) is 13.8 Å². The molecular weight excluding hydrogens is 473 g/mol. The lowest BCUT2D eigenvalue weighted by Gasteiger charge is -2.36. The van der Waals surface area contributed by atoms with Crippen molar-refractivity contribution in [2.75, 3.05) is 52.4 Å². The van der Waals surface area contributed by atoms with Gasteiger partial charge in [-0.2, -0.15) is 11.3 Å². The number of carbonyl (C=O) groups is 1. The van der Waals surface area contributed by atoms with Crippen molar-refractivity contribution in [3.05, 3.63) is 22.4 Å². The number of hydrogen-bond donors (Lipinski definition) is 1. The number of amides is 1. The van der Waals surface area contributed by atoms with Gasteiger partial charge in [-0.15, -0.1) is 24.0 Å². The van der Waals surface area contributed by atoms with Gasteiger partial charge in [0.1, 0.15) is 0 Å². The molecule has 1 fully saturated rings. The van der Waals surface area contributed by atoms with E-state index >= 15 is 0 Å². The molecule has 1 amide bonds. The van der Waals surface area contributed by atoms with Crippen molar-refractivity contribution in [1.29, 1.82) is 0 Å². The number of nitrogens with zero attached hydrogens (tertiary/aromatic N) is 4. The van der Waals surface area contributed by atoms with Gasteiger partial charge in [0.05, 0.1) is 12.6 Å². The highest BCUT2D eigenvalue weighted by atomic mass is 127. The van der Waals surface area contributed by atoms with Crippen molar-refractivity contribution in [3.63, 3.8) is 0 Å². The van der Waals surface area contributed by atoms with Crippen molar-refractivity contribution in [2.45, 2.75) is 33.7 Å². The van der Waals surface area contributed by atoms with Gasteiger partial charge in [0.25, 0.3) is 0 Å². The zero-order valence-electron chi connectivity index (χ0n) is 17.0. The molecule has 1 aromatic heterocycles. The Morgan fingerprint density at radius 3 is 2.33 bits per heavy atom. The predicted octanol–water partition coefficient (Wildman–Crippen LogP) is 2.88. The number of hydrogen-bond acceptors (Lipinski definition) is 4. The number of piperazine rings is 1. The molecule has 154 valence electrons. The monoisotopic (exact) mass is 507 g/mol. The van der Waals surface area contributed by atoms with Crippen LogP contribution in [0.5, 0.6) is 0 Å². The summed E-state index contributed by atoms with van der Waals surface area (Å²) in [5.74, 6) is 1.12. The summed E-state index contributed by atoms with van der Waals surface area (Å²) >= 11 is 1.74. The first-order chi connectivity index (χ1) is 12.6. The van der Waals surface area contributed by atoms with Gasteiger partial charge in [-0.3, -0.25) is 14.7 Å². The van der Waals surface area contributed by atoms with Crippen LogP contribution >= 0.6 is 35.3 Å². The Hall–Kier alpha value is -0.870. The summed E-state index contributed by atoms with van der Waals surface area (Å²) in [4.78, 5) is 23.2. The zero-order chi connectivity index (χ0) is 18.9. The van der Waals surface area contributed by atoms with E-state index in [0.29, 0.717) is 6.04 Å². The largest absolute Gasteiger partial charge is 0.357 e. The van der Waals surface area contributed by atoms with Crippen LogP contribution in [0.15, 0.2) is 21.8 Å². The van der Waals surface area contributed by atoms with Crippen molar-refractivity contribution >= 4 is 47.2 Å². The first-order valence-corrected chi connectivity index (χ1v) is 10.6. The minimum Gasteiger partial charge on any atom is -0.357 e. The molecule has 0 radical (unpaired) electrons. The molecule has 1 atom stereocenters. The van der Waals surface area contributed by atoms with Crippen molar-refractivity contribution in [2.24, 2.45) is 4.99 Å². The van der Waals surface area contributed by atoms with Gasteiger partial charge in [-0.05, 0) is 42.4 Å². The van der Waals surface area contributed by atoms with E-state index in [9.17, 15) is 4.79 Å². The van der Waals surface area contributed by atoms with Crippen LogP contribution in [0.3, 0.4) is 0 Å². The molecule has 6 nitrogen and oxygen atoms in total. The van der Waals surface area contributed by atoms with Crippen LogP contribution in [0, 0.1) is 0 Å².